The predicted molar refractivity (Wildman–Crippen MR) is 167 cm³/mol. The summed E-state index contributed by atoms with van der Waals surface area (Å²) in [6.07, 6.45) is 10.5. The molecule has 8 atom stereocenters. The summed E-state index contributed by atoms with van der Waals surface area (Å²) >= 11 is 0. The maximum Gasteiger partial charge on any atom is 0.192 e. The molecule has 0 aromatic rings. The van der Waals surface area contributed by atoms with Crippen LogP contribution in [0, 0.1) is 40.4 Å². The van der Waals surface area contributed by atoms with Crippen molar-refractivity contribution < 1.29 is 23.8 Å². The first kappa shape index (κ1) is 31.6. The number of Topliss-reactive ketones (excluding diaryl/α,β-unsaturated/α-hetero) is 1. The fourth-order valence-electron chi connectivity index (χ4n) is 9.40. The molecule has 5 aliphatic rings. The standard InChI is InChI=1S/C35H58O5Si/c1-22(2)35(38-17-18-39-35)16-13-23(3)27-20-28(36)30-26-12-11-24-19-25(40-41(9,10)32(4,5)6)14-15-33(24,7)31(26)29(37)21-34(27,30)8/h11,20,22-23,25-26,28,30-31,36H,12-19,21H2,1-10H3/t23-,25+,26+,28-,30-,31-,33+,34-/m1/s1. The average Bonchev–Trinajstić information content (AvgIpc) is 3.44. The van der Waals surface area contributed by atoms with Gasteiger partial charge in [0.1, 0.15) is 5.78 Å². The number of fused-ring (bicyclic) bond motifs is 5. The monoisotopic (exact) mass is 586 g/mol. The van der Waals surface area contributed by atoms with Crippen LogP contribution in [-0.2, 0) is 18.7 Å². The van der Waals surface area contributed by atoms with Gasteiger partial charge in [-0.15, -0.1) is 0 Å². The molecule has 6 heteroatoms. The van der Waals surface area contributed by atoms with Crippen LogP contribution in [0.25, 0.3) is 0 Å². The maximum absolute atomic E-state index is 14.3. The smallest absolute Gasteiger partial charge is 0.192 e. The van der Waals surface area contributed by atoms with Gasteiger partial charge in [-0.1, -0.05) is 78.7 Å². The van der Waals surface area contributed by atoms with Gasteiger partial charge in [0.15, 0.2) is 14.1 Å². The van der Waals surface area contributed by atoms with Gasteiger partial charge < -0.3 is 19.0 Å². The van der Waals surface area contributed by atoms with Crippen LogP contribution in [0.4, 0.5) is 0 Å². The molecule has 5 rings (SSSR count). The minimum Gasteiger partial charge on any atom is -0.414 e. The van der Waals surface area contributed by atoms with E-state index in [1.165, 1.54) is 11.1 Å². The summed E-state index contributed by atoms with van der Waals surface area (Å²) in [6.45, 7) is 24.2. The molecule has 3 fully saturated rings. The minimum atomic E-state index is -1.85. The van der Waals surface area contributed by atoms with Crippen LogP contribution in [0.5, 0.6) is 0 Å². The molecule has 232 valence electrons. The summed E-state index contributed by atoms with van der Waals surface area (Å²) in [5.41, 5.74) is 2.31. The molecule has 1 N–H and O–H groups in total. The Hall–Kier alpha value is -0.793. The van der Waals surface area contributed by atoms with E-state index in [-0.39, 0.29) is 51.6 Å². The molecule has 0 aromatic carbocycles. The molecule has 1 aliphatic heterocycles. The lowest BCUT2D eigenvalue weighted by molar-refractivity contribution is -0.194. The van der Waals surface area contributed by atoms with Gasteiger partial charge in [0.25, 0.3) is 0 Å². The van der Waals surface area contributed by atoms with E-state index in [4.69, 9.17) is 13.9 Å². The van der Waals surface area contributed by atoms with Crippen LogP contribution in [0.2, 0.25) is 18.1 Å². The highest BCUT2D eigenvalue weighted by Crippen LogP contribution is 2.65. The third-order valence-electron chi connectivity index (χ3n) is 12.8. The van der Waals surface area contributed by atoms with E-state index >= 15 is 0 Å². The molecule has 0 bridgehead atoms. The van der Waals surface area contributed by atoms with Gasteiger partial charge in [0, 0.05) is 42.1 Å². The van der Waals surface area contributed by atoms with Crippen molar-refractivity contribution in [3.8, 4) is 0 Å². The van der Waals surface area contributed by atoms with E-state index in [1.54, 1.807) is 0 Å². The fraction of sp³-hybridized carbons (Fsp3) is 0.857. The third kappa shape index (κ3) is 5.20. The molecule has 5 nitrogen and oxygen atoms in total. The number of carbonyl (C=O) groups excluding carboxylic acids is 1. The first-order valence-electron chi connectivity index (χ1n) is 16.5. The van der Waals surface area contributed by atoms with Gasteiger partial charge in [-0.3, -0.25) is 4.79 Å². The molecule has 0 unspecified atom stereocenters. The summed E-state index contributed by atoms with van der Waals surface area (Å²) in [7, 11) is -1.85. The van der Waals surface area contributed by atoms with E-state index < -0.39 is 20.2 Å². The van der Waals surface area contributed by atoms with Crippen molar-refractivity contribution in [3.05, 3.63) is 23.3 Å². The van der Waals surface area contributed by atoms with Crippen molar-refractivity contribution in [2.75, 3.05) is 13.2 Å². The largest absolute Gasteiger partial charge is 0.414 e. The second-order valence-electron chi connectivity index (χ2n) is 16.6. The highest BCUT2D eigenvalue weighted by molar-refractivity contribution is 6.74. The SMILES string of the molecule is CC(C)C1(CC[C@@H](C)C2=C[C@@H](O)[C@H]3[C@@H]4CC=C5C[C@@H](O[Si](C)(C)C(C)(C)C)CC[C@]5(C)[C@H]4C(=O)C[C@]23C)OCCO1. The quantitative estimate of drug-likeness (QED) is 0.243. The number of aliphatic hydroxyl groups is 1. The van der Waals surface area contributed by atoms with E-state index in [1.807, 2.05) is 0 Å². The van der Waals surface area contributed by atoms with Crippen molar-refractivity contribution >= 4 is 14.1 Å². The molecular formula is C35H58O5Si. The van der Waals surface area contributed by atoms with Crippen molar-refractivity contribution in [2.45, 2.75) is 136 Å². The molecule has 41 heavy (non-hydrogen) atoms. The molecular weight excluding hydrogens is 528 g/mol. The van der Waals surface area contributed by atoms with Gasteiger partial charge >= 0.3 is 0 Å². The summed E-state index contributed by atoms with van der Waals surface area (Å²) in [6, 6.07) is 0. The molecule has 0 aromatic heterocycles. The fourth-order valence-corrected chi connectivity index (χ4v) is 10.8. The van der Waals surface area contributed by atoms with Crippen LogP contribution < -0.4 is 0 Å². The molecule has 0 amide bonds. The van der Waals surface area contributed by atoms with Crippen LogP contribution >= 0.6 is 0 Å². The van der Waals surface area contributed by atoms with Crippen molar-refractivity contribution in [2.24, 2.45) is 40.4 Å². The normalized spacial score (nSPS) is 39.6. The first-order chi connectivity index (χ1) is 19.0. The van der Waals surface area contributed by atoms with Crippen LogP contribution in [0.15, 0.2) is 23.3 Å². The number of ketones is 1. The van der Waals surface area contributed by atoms with Gasteiger partial charge in [0.2, 0.25) is 0 Å². The van der Waals surface area contributed by atoms with E-state index in [0.717, 1.165) is 38.5 Å². The highest BCUT2D eigenvalue weighted by atomic mass is 28.4. The lowest BCUT2D eigenvalue weighted by Gasteiger charge is -2.57. The summed E-state index contributed by atoms with van der Waals surface area (Å²) in [5, 5.41) is 11.8. The van der Waals surface area contributed by atoms with Crippen LogP contribution in [0.3, 0.4) is 0 Å². The number of aliphatic hydroxyl groups excluding tert-OH is 1. The molecule has 1 heterocycles. The molecule has 4 aliphatic carbocycles. The average molecular weight is 587 g/mol. The van der Waals surface area contributed by atoms with Gasteiger partial charge in [0.05, 0.1) is 19.3 Å². The van der Waals surface area contributed by atoms with E-state index in [0.29, 0.717) is 25.4 Å². The number of hydrogen-bond donors (Lipinski definition) is 1. The Bertz CT molecular complexity index is 1080. The Balaban J connectivity index is 1.34. The predicted octanol–water partition coefficient (Wildman–Crippen LogP) is 7.84. The number of carbonyl (C=O) groups is 1. The van der Waals surface area contributed by atoms with Gasteiger partial charge in [-0.05, 0) is 67.5 Å². The Labute approximate surface area is 251 Å². The molecule has 1 saturated heterocycles. The highest BCUT2D eigenvalue weighted by Gasteiger charge is 2.63. The third-order valence-corrected chi connectivity index (χ3v) is 17.3. The second-order valence-corrected chi connectivity index (χ2v) is 21.3. The summed E-state index contributed by atoms with van der Waals surface area (Å²) in [5.74, 6) is 0.735. The number of allylic oxidation sites excluding steroid dienone is 2. The number of ether oxygens (including phenoxy) is 2. The summed E-state index contributed by atoms with van der Waals surface area (Å²) in [4.78, 5) is 14.3. The van der Waals surface area contributed by atoms with Crippen molar-refractivity contribution in [1.82, 2.24) is 0 Å². The first-order valence-corrected chi connectivity index (χ1v) is 19.4. The van der Waals surface area contributed by atoms with Crippen molar-refractivity contribution in [3.63, 3.8) is 0 Å². The zero-order valence-corrected chi connectivity index (χ0v) is 28.6. The van der Waals surface area contributed by atoms with Crippen molar-refractivity contribution in [1.29, 1.82) is 0 Å². The zero-order valence-electron chi connectivity index (χ0n) is 27.6. The van der Waals surface area contributed by atoms with E-state index in [9.17, 15) is 9.90 Å². The number of rotatable bonds is 7. The number of hydrogen-bond acceptors (Lipinski definition) is 5. The molecule has 2 saturated carbocycles. The summed E-state index contributed by atoms with van der Waals surface area (Å²) < 4.78 is 19.1. The van der Waals surface area contributed by atoms with Crippen LogP contribution in [0.1, 0.15) is 100 Å². The Kier molecular flexibility index (Phi) is 8.24. The van der Waals surface area contributed by atoms with Gasteiger partial charge in [-0.25, -0.2) is 0 Å². The lowest BCUT2D eigenvalue weighted by Crippen LogP contribution is -2.56. The Morgan fingerprint density at radius 3 is 2.39 bits per heavy atom. The van der Waals surface area contributed by atoms with Gasteiger partial charge in [-0.2, -0.15) is 0 Å². The van der Waals surface area contributed by atoms with E-state index in [2.05, 4.69) is 80.6 Å². The van der Waals surface area contributed by atoms with Crippen LogP contribution in [-0.4, -0.2) is 50.4 Å². The maximum atomic E-state index is 14.3. The molecule has 0 radical (unpaired) electrons. The lowest BCUT2D eigenvalue weighted by atomic mass is 9.46. The topological polar surface area (TPSA) is 65.0 Å². The zero-order chi connectivity index (χ0) is 30.2. The Morgan fingerprint density at radius 1 is 1.12 bits per heavy atom. The minimum absolute atomic E-state index is 0.00315. The molecule has 0 spiro atoms. The second kappa shape index (κ2) is 10.7. The Morgan fingerprint density at radius 2 is 1.78 bits per heavy atom.